The third-order valence-electron chi connectivity index (χ3n) is 2.84. The van der Waals surface area contributed by atoms with E-state index in [0.29, 0.717) is 11.6 Å². The van der Waals surface area contributed by atoms with Gasteiger partial charge in [0.25, 0.3) is 0 Å². The molecule has 98 valence electrons. The lowest BCUT2D eigenvalue weighted by molar-refractivity contribution is 0.100. The molecule has 0 radical (unpaired) electrons. The molecule has 2 rings (SSSR count). The fourth-order valence-electron chi connectivity index (χ4n) is 1.78. The van der Waals surface area contributed by atoms with Gasteiger partial charge in [0, 0.05) is 41.2 Å². The maximum Gasteiger partial charge on any atom is 0.248 e. The van der Waals surface area contributed by atoms with Gasteiger partial charge in [0.15, 0.2) is 0 Å². The summed E-state index contributed by atoms with van der Waals surface area (Å²) in [5, 5.41) is 3.57. The van der Waals surface area contributed by atoms with Gasteiger partial charge in [0.2, 0.25) is 5.91 Å². The van der Waals surface area contributed by atoms with Gasteiger partial charge < -0.3 is 11.1 Å². The van der Waals surface area contributed by atoms with Crippen LogP contribution in [0.4, 0.5) is 0 Å². The number of hydrogen-bond acceptors (Lipinski definition) is 4. The van der Waals surface area contributed by atoms with Crippen LogP contribution in [0.1, 0.15) is 15.9 Å². The smallest absolute Gasteiger partial charge is 0.248 e. The van der Waals surface area contributed by atoms with E-state index in [1.165, 1.54) is 28.6 Å². The van der Waals surface area contributed by atoms with E-state index in [0.717, 1.165) is 6.54 Å². The summed E-state index contributed by atoms with van der Waals surface area (Å²) >= 11 is 4.04. The Morgan fingerprint density at radius 2 is 1.83 bits per heavy atom. The van der Waals surface area contributed by atoms with E-state index >= 15 is 0 Å². The summed E-state index contributed by atoms with van der Waals surface area (Å²) in [7, 11) is 0. The van der Waals surface area contributed by atoms with Crippen molar-refractivity contribution >= 4 is 29.4 Å². The van der Waals surface area contributed by atoms with E-state index in [1.807, 2.05) is 35.7 Å². The predicted octanol–water partition coefficient (Wildman–Crippen LogP) is 1.72. The Morgan fingerprint density at radius 3 is 2.39 bits per heavy atom. The first kappa shape index (κ1) is 13.8. The average Bonchev–Trinajstić information content (AvgIpc) is 2.65. The lowest BCUT2D eigenvalue weighted by Crippen LogP contribution is -2.32. The van der Waals surface area contributed by atoms with Crippen LogP contribution in [-0.2, 0) is 6.54 Å². The van der Waals surface area contributed by atoms with Crippen molar-refractivity contribution in [2.24, 2.45) is 5.73 Å². The van der Waals surface area contributed by atoms with Crippen LogP contribution in [-0.4, -0.2) is 35.0 Å². The zero-order valence-corrected chi connectivity index (χ0v) is 11.9. The number of thioether (sulfide) groups is 2. The largest absolute Gasteiger partial charge is 0.366 e. The minimum absolute atomic E-state index is 0.369. The molecule has 3 N–H and O–H groups in total. The molecule has 0 aliphatic carbocycles. The molecule has 3 nitrogen and oxygen atoms in total. The summed E-state index contributed by atoms with van der Waals surface area (Å²) in [6.07, 6.45) is 0. The van der Waals surface area contributed by atoms with Gasteiger partial charge >= 0.3 is 0 Å². The Kier molecular flexibility index (Phi) is 5.41. The Hall–Kier alpha value is -0.650. The molecule has 1 aliphatic heterocycles. The second kappa shape index (κ2) is 7.07. The predicted molar refractivity (Wildman–Crippen MR) is 80.2 cm³/mol. The van der Waals surface area contributed by atoms with Crippen molar-refractivity contribution in [1.82, 2.24) is 5.32 Å². The molecule has 0 saturated carbocycles. The van der Waals surface area contributed by atoms with Crippen molar-refractivity contribution in [3.05, 3.63) is 35.4 Å². The number of carbonyl (C=O) groups excluding carboxylic acids is 1. The van der Waals surface area contributed by atoms with E-state index in [4.69, 9.17) is 5.73 Å². The maximum atomic E-state index is 11.0. The van der Waals surface area contributed by atoms with E-state index in [9.17, 15) is 4.79 Å². The summed E-state index contributed by atoms with van der Waals surface area (Å²) in [6.45, 7) is 0.852. The minimum atomic E-state index is -0.369. The molecule has 1 heterocycles. The first-order valence-corrected chi connectivity index (χ1v) is 8.34. The summed E-state index contributed by atoms with van der Waals surface area (Å²) in [6, 6.07) is 8.08. The van der Waals surface area contributed by atoms with Crippen LogP contribution >= 0.6 is 23.5 Å². The van der Waals surface area contributed by atoms with Crippen molar-refractivity contribution in [3.8, 4) is 0 Å². The van der Waals surface area contributed by atoms with E-state index in [1.54, 1.807) is 12.1 Å². The van der Waals surface area contributed by atoms with Gasteiger partial charge in [-0.2, -0.15) is 23.5 Å². The molecule has 1 fully saturated rings. The number of primary amides is 1. The van der Waals surface area contributed by atoms with Crippen LogP contribution in [0.25, 0.3) is 0 Å². The van der Waals surface area contributed by atoms with Crippen LogP contribution in [0, 0.1) is 0 Å². The third-order valence-corrected chi connectivity index (χ3v) is 5.36. The number of amides is 1. The number of hydrogen-bond donors (Lipinski definition) is 2. The van der Waals surface area contributed by atoms with Crippen molar-refractivity contribution in [2.45, 2.75) is 12.6 Å². The molecule has 5 heteroatoms. The molecular weight excluding hydrogens is 264 g/mol. The Morgan fingerprint density at radius 1 is 1.22 bits per heavy atom. The van der Waals surface area contributed by atoms with E-state index in [2.05, 4.69) is 5.32 Å². The topological polar surface area (TPSA) is 55.1 Å². The molecule has 1 amide bonds. The summed E-state index contributed by atoms with van der Waals surface area (Å²) < 4.78 is 0. The lowest BCUT2D eigenvalue weighted by atomic mass is 10.1. The van der Waals surface area contributed by atoms with Crippen molar-refractivity contribution in [3.63, 3.8) is 0 Å². The molecule has 1 aliphatic rings. The van der Waals surface area contributed by atoms with E-state index in [-0.39, 0.29) is 5.91 Å². The van der Waals surface area contributed by atoms with Crippen molar-refractivity contribution < 1.29 is 4.79 Å². The van der Waals surface area contributed by atoms with Gasteiger partial charge in [-0.3, -0.25) is 4.79 Å². The van der Waals surface area contributed by atoms with Crippen LogP contribution in [0.5, 0.6) is 0 Å². The standard InChI is InChI=1S/C13H18N2OS2/c14-13(16)11-3-1-10(2-4-11)7-15-12-8-17-5-6-18-9-12/h1-4,12,15H,5-9H2,(H2,14,16). The molecular formula is C13H18N2OS2. The monoisotopic (exact) mass is 282 g/mol. The van der Waals surface area contributed by atoms with Gasteiger partial charge in [-0.05, 0) is 17.7 Å². The normalized spacial score (nSPS) is 17.3. The fourth-order valence-corrected chi connectivity index (χ4v) is 4.25. The third kappa shape index (κ3) is 4.23. The Bertz CT molecular complexity index is 386. The van der Waals surface area contributed by atoms with Gasteiger partial charge in [0.05, 0.1) is 0 Å². The fraction of sp³-hybridized carbons (Fsp3) is 0.462. The van der Waals surface area contributed by atoms with Crippen LogP contribution in [0.15, 0.2) is 24.3 Å². The lowest BCUT2D eigenvalue weighted by Gasteiger charge is -2.15. The highest BCUT2D eigenvalue weighted by Gasteiger charge is 2.11. The number of nitrogens with two attached hydrogens (primary N) is 1. The molecule has 1 aromatic carbocycles. The van der Waals surface area contributed by atoms with Gasteiger partial charge in [-0.15, -0.1) is 0 Å². The van der Waals surface area contributed by atoms with Gasteiger partial charge in [0.1, 0.15) is 0 Å². The first-order chi connectivity index (χ1) is 8.75. The SMILES string of the molecule is NC(=O)c1ccc(CNC2CSCCSC2)cc1. The quantitative estimate of drug-likeness (QED) is 0.883. The van der Waals surface area contributed by atoms with Crippen LogP contribution in [0.3, 0.4) is 0 Å². The van der Waals surface area contributed by atoms with Gasteiger partial charge in [-0.25, -0.2) is 0 Å². The zero-order valence-electron chi connectivity index (χ0n) is 10.2. The first-order valence-electron chi connectivity index (χ1n) is 6.03. The van der Waals surface area contributed by atoms with Crippen molar-refractivity contribution in [1.29, 1.82) is 0 Å². The number of nitrogens with one attached hydrogen (secondary N) is 1. The highest BCUT2D eigenvalue weighted by molar-refractivity contribution is 8.03. The second-order valence-corrected chi connectivity index (χ2v) is 6.59. The second-order valence-electron chi connectivity index (χ2n) is 4.29. The summed E-state index contributed by atoms with van der Waals surface area (Å²) in [5.41, 5.74) is 6.97. The van der Waals surface area contributed by atoms with Crippen LogP contribution in [0.2, 0.25) is 0 Å². The van der Waals surface area contributed by atoms with Gasteiger partial charge in [-0.1, -0.05) is 12.1 Å². The zero-order chi connectivity index (χ0) is 12.8. The number of carbonyl (C=O) groups is 1. The van der Waals surface area contributed by atoms with Crippen LogP contribution < -0.4 is 11.1 Å². The highest BCUT2D eigenvalue weighted by atomic mass is 32.2. The summed E-state index contributed by atoms with van der Waals surface area (Å²) in [5.74, 6) is 4.52. The van der Waals surface area contributed by atoms with Crippen molar-refractivity contribution in [2.75, 3.05) is 23.0 Å². The highest BCUT2D eigenvalue weighted by Crippen LogP contribution is 2.16. The molecule has 0 spiro atoms. The molecule has 18 heavy (non-hydrogen) atoms. The average molecular weight is 282 g/mol. The molecule has 0 unspecified atom stereocenters. The molecule has 0 aromatic heterocycles. The molecule has 1 saturated heterocycles. The van der Waals surface area contributed by atoms with E-state index < -0.39 is 0 Å². The maximum absolute atomic E-state index is 11.0. The number of rotatable bonds is 4. The Labute approximate surface area is 116 Å². The Balaban J connectivity index is 1.83. The summed E-state index contributed by atoms with van der Waals surface area (Å²) in [4.78, 5) is 11.0. The molecule has 0 bridgehead atoms. The molecule has 0 atom stereocenters. The minimum Gasteiger partial charge on any atom is -0.366 e. The molecule has 1 aromatic rings. The number of benzene rings is 1.